The van der Waals surface area contributed by atoms with Gasteiger partial charge in [0, 0.05) is 19.0 Å². The Bertz CT molecular complexity index is 610. The van der Waals surface area contributed by atoms with Gasteiger partial charge in [0.05, 0.1) is 11.3 Å². The Labute approximate surface area is 114 Å². The summed E-state index contributed by atoms with van der Waals surface area (Å²) in [6, 6.07) is 3.91. The highest BCUT2D eigenvalue weighted by molar-refractivity contribution is 6.52. The highest BCUT2D eigenvalue weighted by Gasteiger charge is 2.36. The van der Waals surface area contributed by atoms with Gasteiger partial charge in [-0.15, -0.1) is 0 Å². The number of hydrogen-bond donors (Lipinski definition) is 1. The first kappa shape index (κ1) is 12.8. The number of anilines is 1. The summed E-state index contributed by atoms with van der Waals surface area (Å²) < 4.78 is 13.1. The molecule has 1 aliphatic carbocycles. The molecule has 2 amide bonds. The number of carbonyl (C=O) groups is 3. The third-order valence-electron chi connectivity index (χ3n) is 3.44. The summed E-state index contributed by atoms with van der Waals surface area (Å²) in [5.41, 5.74) is 0.443. The molecule has 1 aliphatic heterocycles. The molecular formula is C14H13FN2O3. The van der Waals surface area contributed by atoms with Crippen LogP contribution < -0.4 is 10.2 Å². The average molecular weight is 276 g/mol. The number of rotatable bonds is 4. The maximum absolute atomic E-state index is 13.1. The number of fused-ring (bicyclic) bond motifs is 1. The van der Waals surface area contributed by atoms with E-state index in [2.05, 4.69) is 5.32 Å². The van der Waals surface area contributed by atoms with Crippen molar-refractivity contribution in [2.75, 3.05) is 11.4 Å². The number of nitrogens with zero attached hydrogens (tertiary/aromatic N) is 1. The summed E-state index contributed by atoms with van der Waals surface area (Å²) in [6.07, 6.45) is 2.12. The van der Waals surface area contributed by atoms with Crippen LogP contribution in [0.15, 0.2) is 18.2 Å². The van der Waals surface area contributed by atoms with Crippen LogP contribution in [0.1, 0.15) is 29.6 Å². The van der Waals surface area contributed by atoms with Crippen molar-refractivity contribution < 1.29 is 18.8 Å². The minimum Gasteiger partial charge on any atom is -0.353 e. The van der Waals surface area contributed by atoms with E-state index in [1.165, 1.54) is 17.0 Å². The number of benzene rings is 1. The lowest BCUT2D eigenvalue weighted by molar-refractivity contribution is -0.121. The molecule has 0 bridgehead atoms. The van der Waals surface area contributed by atoms with Gasteiger partial charge in [0.15, 0.2) is 0 Å². The zero-order valence-corrected chi connectivity index (χ0v) is 10.7. The van der Waals surface area contributed by atoms with Crippen molar-refractivity contribution in [2.24, 2.45) is 0 Å². The summed E-state index contributed by atoms with van der Waals surface area (Å²) in [4.78, 5) is 36.4. The molecule has 104 valence electrons. The second kappa shape index (κ2) is 4.70. The fourth-order valence-electron chi connectivity index (χ4n) is 2.24. The molecule has 1 heterocycles. The fraction of sp³-hybridized carbons (Fsp3) is 0.357. The quantitative estimate of drug-likeness (QED) is 0.835. The van der Waals surface area contributed by atoms with Crippen molar-refractivity contribution >= 4 is 23.3 Å². The largest absolute Gasteiger partial charge is 0.353 e. The first-order valence-electron chi connectivity index (χ1n) is 6.51. The van der Waals surface area contributed by atoms with Gasteiger partial charge in [0.2, 0.25) is 5.91 Å². The molecule has 1 aromatic rings. The summed E-state index contributed by atoms with van der Waals surface area (Å²) in [5.74, 6) is -2.12. The SMILES string of the molecule is O=C(CCN1C(=O)C(=O)c2cc(F)ccc21)NC1CC1. The average Bonchev–Trinajstić information content (AvgIpc) is 3.19. The molecule has 0 radical (unpaired) electrons. The van der Waals surface area contributed by atoms with Crippen molar-refractivity contribution in [3.63, 3.8) is 0 Å². The lowest BCUT2D eigenvalue weighted by atomic mass is 10.1. The molecule has 0 unspecified atom stereocenters. The Balaban J connectivity index is 1.72. The number of carbonyl (C=O) groups excluding carboxylic acids is 3. The van der Waals surface area contributed by atoms with Crippen LogP contribution in [0.5, 0.6) is 0 Å². The number of halogens is 1. The zero-order valence-electron chi connectivity index (χ0n) is 10.7. The van der Waals surface area contributed by atoms with Crippen LogP contribution in [-0.2, 0) is 9.59 Å². The van der Waals surface area contributed by atoms with Crippen LogP contribution >= 0.6 is 0 Å². The summed E-state index contributed by atoms with van der Waals surface area (Å²) in [6.45, 7) is 0.127. The van der Waals surface area contributed by atoms with Gasteiger partial charge in [-0.25, -0.2) is 4.39 Å². The lowest BCUT2D eigenvalue weighted by Crippen LogP contribution is -2.35. The number of ketones is 1. The molecule has 1 aromatic carbocycles. The molecular weight excluding hydrogens is 263 g/mol. The van der Waals surface area contributed by atoms with Crippen LogP contribution in [0.2, 0.25) is 0 Å². The third-order valence-corrected chi connectivity index (χ3v) is 3.44. The van der Waals surface area contributed by atoms with E-state index in [9.17, 15) is 18.8 Å². The van der Waals surface area contributed by atoms with Crippen LogP contribution in [0.4, 0.5) is 10.1 Å². The number of Topliss-reactive ketones (excluding diaryl/α,β-unsaturated/α-hetero) is 1. The van der Waals surface area contributed by atoms with E-state index in [-0.39, 0.29) is 30.5 Å². The summed E-state index contributed by atoms with van der Waals surface area (Å²) >= 11 is 0. The van der Waals surface area contributed by atoms with Crippen molar-refractivity contribution in [2.45, 2.75) is 25.3 Å². The van der Waals surface area contributed by atoms with Crippen LogP contribution in [-0.4, -0.2) is 30.2 Å². The van der Waals surface area contributed by atoms with E-state index < -0.39 is 17.5 Å². The lowest BCUT2D eigenvalue weighted by Gasteiger charge is -2.16. The van der Waals surface area contributed by atoms with E-state index in [1.54, 1.807) is 0 Å². The Morgan fingerprint density at radius 2 is 2.10 bits per heavy atom. The molecule has 2 aliphatic rings. The van der Waals surface area contributed by atoms with Gasteiger partial charge in [0.1, 0.15) is 5.82 Å². The molecule has 20 heavy (non-hydrogen) atoms. The predicted octanol–water partition coefficient (Wildman–Crippen LogP) is 1.02. The minimum atomic E-state index is -0.720. The molecule has 1 fully saturated rings. The van der Waals surface area contributed by atoms with Crippen LogP contribution in [0.25, 0.3) is 0 Å². The topological polar surface area (TPSA) is 66.5 Å². The highest BCUT2D eigenvalue weighted by atomic mass is 19.1. The standard InChI is InChI=1S/C14H13FN2O3/c15-8-1-4-11-10(7-8)13(19)14(20)17(11)6-5-12(18)16-9-2-3-9/h1,4,7,9H,2-3,5-6H2,(H,16,18). The minimum absolute atomic E-state index is 0.0672. The second-order valence-electron chi connectivity index (χ2n) is 5.04. The molecule has 3 rings (SSSR count). The van der Waals surface area contributed by atoms with Gasteiger partial charge in [-0.3, -0.25) is 14.4 Å². The molecule has 6 heteroatoms. The van der Waals surface area contributed by atoms with Crippen molar-refractivity contribution in [1.29, 1.82) is 0 Å². The Morgan fingerprint density at radius 1 is 1.35 bits per heavy atom. The van der Waals surface area contributed by atoms with E-state index in [4.69, 9.17) is 0 Å². The summed E-state index contributed by atoms with van der Waals surface area (Å²) in [7, 11) is 0. The van der Waals surface area contributed by atoms with E-state index >= 15 is 0 Å². The number of hydrogen-bond acceptors (Lipinski definition) is 3. The maximum Gasteiger partial charge on any atom is 0.299 e. The van der Waals surface area contributed by atoms with Crippen molar-refractivity contribution in [1.82, 2.24) is 5.32 Å². The van der Waals surface area contributed by atoms with Gasteiger partial charge in [-0.05, 0) is 31.0 Å². The third kappa shape index (κ3) is 2.29. The summed E-state index contributed by atoms with van der Waals surface area (Å²) in [5, 5.41) is 2.82. The normalized spacial score (nSPS) is 17.4. The van der Waals surface area contributed by atoms with E-state index in [1.807, 2.05) is 0 Å². The van der Waals surface area contributed by atoms with Crippen molar-refractivity contribution in [3.8, 4) is 0 Å². The van der Waals surface area contributed by atoms with E-state index in [0.29, 0.717) is 5.69 Å². The van der Waals surface area contributed by atoms with Gasteiger partial charge < -0.3 is 10.2 Å². The van der Waals surface area contributed by atoms with E-state index in [0.717, 1.165) is 18.9 Å². The molecule has 0 spiro atoms. The molecule has 1 saturated carbocycles. The first-order chi connectivity index (χ1) is 9.56. The van der Waals surface area contributed by atoms with Gasteiger partial charge in [-0.2, -0.15) is 0 Å². The van der Waals surface area contributed by atoms with Crippen LogP contribution in [0, 0.1) is 5.82 Å². The first-order valence-corrected chi connectivity index (χ1v) is 6.51. The number of nitrogens with one attached hydrogen (secondary N) is 1. The Hall–Kier alpha value is -2.24. The number of amides is 2. The second-order valence-corrected chi connectivity index (χ2v) is 5.04. The smallest absolute Gasteiger partial charge is 0.299 e. The maximum atomic E-state index is 13.1. The Kier molecular flexibility index (Phi) is 3.00. The fourth-order valence-corrected chi connectivity index (χ4v) is 2.24. The molecule has 0 aromatic heterocycles. The van der Waals surface area contributed by atoms with Gasteiger partial charge >= 0.3 is 0 Å². The van der Waals surface area contributed by atoms with Gasteiger partial charge in [0.25, 0.3) is 11.7 Å². The molecule has 0 atom stereocenters. The predicted molar refractivity (Wildman–Crippen MR) is 68.9 cm³/mol. The monoisotopic (exact) mass is 276 g/mol. The molecule has 1 N–H and O–H groups in total. The zero-order chi connectivity index (χ0) is 14.3. The molecule has 0 saturated heterocycles. The van der Waals surface area contributed by atoms with Crippen LogP contribution in [0.3, 0.4) is 0 Å². The van der Waals surface area contributed by atoms with Crippen molar-refractivity contribution in [3.05, 3.63) is 29.6 Å². The molecule has 5 nitrogen and oxygen atoms in total. The highest BCUT2D eigenvalue weighted by Crippen LogP contribution is 2.29. The Morgan fingerprint density at radius 3 is 2.80 bits per heavy atom. The van der Waals surface area contributed by atoms with Gasteiger partial charge in [-0.1, -0.05) is 0 Å².